The molecule has 8 heteroatoms. The molecule has 7 nitrogen and oxygen atoms in total. The van der Waals surface area contributed by atoms with Gasteiger partial charge in [-0.15, -0.1) is 0 Å². The molecule has 2 amide bonds. The highest BCUT2D eigenvalue weighted by Gasteiger charge is 2.24. The van der Waals surface area contributed by atoms with E-state index in [0.29, 0.717) is 5.59 Å². The summed E-state index contributed by atoms with van der Waals surface area (Å²) in [6.45, 7) is 1.68. The van der Waals surface area contributed by atoms with Crippen LogP contribution in [0.15, 0.2) is 47.3 Å². The van der Waals surface area contributed by atoms with E-state index >= 15 is 0 Å². The van der Waals surface area contributed by atoms with Crippen molar-refractivity contribution in [2.75, 3.05) is 12.4 Å². The van der Waals surface area contributed by atoms with Gasteiger partial charge < -0.3 is 15.0 Å². The van der Waals surface area contributed by atoms with Gasteiger partial charge in [-0.05, 0) is 24.1 Å². The topological polar surface area (TPSA) is 91.5 Å². The van der Waals surface area contributed by atoms with Crippen LogP contribution < -0.4 is 16.5 Å². The van der Waals surface area contributed by atoms with Gasteiger partial charge in [-0.1, -0.05) is 36.4 Å². The van der Waals surface area contributed by atoms with Gasteiger partial charge in [0.15, 0.2) is 7.85 Å². The molecular formula is C17H20BN3O4. The molecule has 0 aliphatic carbocycles. The number of likely N-dealkylation sites (N-methyl/N-ethyl adjacent to an activating group) is 1. The van der Waals surface area contributed by atoms with Crippen molar-refractivity contribution in [1.29, 1.82) is 0 Å². The lowest BCUT2D eigenvalue weighted by atomic mass is 10.0. The van der Waals surface area contributed by atoms with E-state index in [9.17, 15) is 14.4 Å². The van der Waals surface area contributed by atoms with Crippen molar-refractivity contribution in [3.05, 3.63) is 58.4 Å². The second-order valence-corrected chi connectivity index (χ2v) is 5.70. The standard InChI is InChI=1S/C17H20BN3O4/c1-11(15(22)19-13-8-9-14(18)20-16(13)23)21(2)17(24)25-10-12-6-4-3-5-7-12/h3-9,11H,10,18H2,1-2H3,(H,19,22)(H,20,23)/t11-/m0/s1. The first-order valence-corrected chi connectivity index (χ1v) is 7.83. The minimum Gasteiger partial charge on any atom is -0.445 e. The minimum atomic E-state index is -0.802. The van der Waals surface area contributed by atoms with E-state index in [2.05, 4.69) is 10.3 Å². The molecule has 0 aliphatic rings. The largest absolute Gasteiger partial charge is 0.445 e. The van der Waals surface area contributed by atoms with Crippen molar-refractivity contribution in [2.45, 2.75) is 19.6 Å². The molecule has 1 heterocycles. The fraction of sp³-hybridized carbons (Fsp3) is 0.235. The second-order valence-electron chi connectivity index (χ2n) is 5.70. The number of aromatic amines is 1. The molecule has 2 rings (SSSR count). The normalized spacial score (nSPS) is 11.4. The number of pyridine rings is 1. The van der Waals surface area contributed by atoms with E-state index in [0.717, 1.165) is 5.56 Å². The molecule has 0 saturated carbocycles. The number of benzene rings is 1. The van der Waals surface area contributed by atoms with Crippen LogP contribution in [0, 0.1) is 0 Å². The number of carbonyl (C=O) groups is 2. The molecule has 1 aromatic heterocycles. The van der Waals surface area contributed by atoms with Gasteiger partial charge in [0.2, 0.25) is 5.91 Å². The van der Waals surface area contributed by atoms with Gasteiger partial charge in [-0.3, -0.25) is 14.5 Å². The van der Waals surface area contributed by atoms with Gasteiger partial charge in [0, 0.05) is 7.05 Å². The van der Waals surface area contributed by atoms with Crippen LogP contribution in [-0.4, -0.2) is 42.8 Å². The van der Waals surface area contributed by atoms with Gasteiger partial charge in [0.1, 0.15) is 18.3 Å². The number of ether oxygens (including phenoxy) is 1. The Morgan fingerprint density at radius 2 is 1.92 bits per heavy atom. The molecule has 0 unspecified atom stereocenters. The summed E-state index contributed by atoms with van der Waals surface area (Å²) in [7, 11) is 3.21. The number of hydrogen-bond acceptors (Lipinski definition) is 4. The summed E-state index contributed by atoms with van der Waals surface area (Å²) in [6, 6.07) is 11.6. The summed E-state index contributed by atoms with van der Waals surface area (Å²) < 4.78 is 5.19. The molecule has 0 aliphatic heterocycles. The van der Waals surface area contributed by atoms with E-state index < -0.39 is 23.6 Å². The smallest absolute Gasteiger partial charge is 0.410 e. The zero-order chi connectivity index (χ0) is 18.4. The van der Waals surface area contributed by atoms with Crippen molar-refractivity contribution < 1.29 is 14.3 Å². The number of H-pyrrole nitrogens is 1. The summed E-state index contributed by atoms with van der Waals surface area (Å²) in [5, 5.41) is 2.51. The lowest BCUT2D eigenvalue weighted by Gasteiger charge is -2.23. The quantitative estimate of drug-likeness (QED) is 0.762. The van der Waals surface area contributed by atoms with Crippen LogP contribution in [0.3, 0.4) is 0 Å². The number of carbonyl (C=O) groups excluding carboxylic acids is 2. The average molecular weight is 341 g/mol. The van der Waals surface area contributed by atoms with Gasteiger partial charge in [-0.2, -0.15) is 0 Å². The summed E-state index contributed by atoms with van der Waals surface area (Å²) in [6.07, 6.45) is -0.621. The highest BCUT2D eigenvalue weighted by molar-refractivity contribution is 6.30. The van der Waals surface area contributed by atoms with Gasteiger partial charge in [0.05, 0.1) is 0 Å². The lowest BCUT2D eigenvalue weighted by Crippen LogP contribution is -2.44. The number of hydrogen-bond donors (Lipinski definition) is 2. The number of nitrogens with zero attached hydrogens (tertiary/aromatic N) is 1. The zero-order valence-corrected chi connectivity index (χ0v) is 14.4. The zero-order valence-electron chi connectivity index (χ0n) is 14.4. The number of anilines is 1. The van der Waals surface area contributed by atoms with Crippen molar-refractivity contribution in [3.63, 3.8) is 0 Å². The Bertz CT molecular complexity index is 807. The van der Waals surface area contributed by atoms with Crippen LogP contribution in [0.1, 0.15) is 12.5 Å². The number of amides is 2. The van der Waals surface area contributed by atoms with E-state index in [1.807, 2.05) is 30.3 Å². The molecule has 130 valence electrons. The Morgan fingerprint density at radius 1 is 1.24 bits per heavy atom. The third-order valence-electron chi connectivity index (χ3n) is 3.77. The van der Waals surface area contributed by atoms with Crippen LogP contribution in [0.4, 0.5) is 10.5 Å². The van der Waals surface area contributed by atoms with Gasteiger partial charge >= 0.3 is 6.09 Å². The highest BCUT2D eigenvalue weighted by Crippen LogP contribution is 2.06. The van der Waals surface area contributed by atoms with Crippen molar-refractivity contribution in [3.8, 4) is 0 Å². The molecule has 2 N–H and O–H groups in total. The predicted octanol–water partition coefficient (Wildman–Crippen LogP) is 0.229. The molecule has 0 saturated heterocycles. The Balaban J connectivity index is 1.93. The first-order chi connectivity index (χ1) is 11.9. The monoisotopic (exact) mass is 341 g/mol. The van der Waals surface area contributed by atoms with Crippen LogP contribution in [0.25, 0.3) is 0 Å². The Morgan fingerprint density at radius 3 is 2.56 bits per heavy atom. The van der Waals surface area contributed by atoms with Crippen LogP contribution >= 0.6 is 0 Å². The van der Waals surface area contributed by atoms with Crippen molar-refractivity contribution in [2.24, 2.45) is 0 Å². The van der Waals surface area contributed by atoms with Crippen molar-refractivity contribution >= 4 is 31.1 Å². The molecule has 0 spiro atoms. The van der Waals surface area contributed by atoms with Gasteiger partial charge in [-0.25, -0.2) is 4.79 Å². The van der Waals surface area contributed by atoms with Crippen LogP contribution in [0.2, 0.25) is 0 Å². The predicted molar refractivity (Wildman–Crippen MR) is 97.7 cm³/mol. The van der Waals surface area contributed by atoms with E-state index in [1.54, 1.807) is 20.8 Å². The van der Waals surface area contributed by atoms with E-state index in [4.69, 9.17) is 4.74 Å². The van der Waals surface area contributed by atoms with Crippen LogP contribution in [0.5, 0.6) is 0 Å². The Hall–Kier alpha value is -3.03. The van der Waals surface area contributed by atoms with E-state index in [-0.39, 0.29) is 12.3 Å². The highest BCUT2D eigenvalue weighted by atomic mass is 16.6. The summed E-state index contributed by atoms with van der Waals surface area (Å²) in [5.74, 6) is -0.478. The number of rotatable bonds is 5. The molecule has 0 fully saturated rings. The average Bonchev–Trinajstić information content (AvgIpc) is 2.61. The fourth-order valence-electron chi connectivity index (χ4n) is 2.06. The molecule has 2 aromatic rings. The molecule has 1 aromatic carbocycles. The summed E-state index contributed by atoms with van der Waals surface area (Å²) in [4.78, 5) is 39.9. The molecule has 25 heavy (non-hydrogen) atoms. The summed E-state index contributed by atoms with van der Waals surface area (Å²) in [5.41, 5.74) is 1.29. The van der Waals surface area contributed by atoms with Gasteiger partial charge in [0.25, 0.3) is 5.56 Å². The molecule has 0 bridgehead atoms. The number of nitrogens with one attached hydrogen (secondary N) is 2. The third kappa shape index (κ3) is 4.97. The third-order valence-corrected chi connectivity index (χ3v) is 3.77. The van der Waals surface area contributed by atoms with Crippen molar-refractivity contribution in [1.82, 2.24) is 9.88 Å². The first kappa shape index (κ1) is 18.3. The maximum Gasteiger partial charge on any atom is 0.410 e. The molecule has 1 atom stereocenters. The van der Waals surface area contributed by atoms with Crippen LogP contribution in [-0.2, 0) is 16.1 Å². The second kappa shape index (κ2) is 8.19. The lowest BCUT2D eigenvalue weighted by molar-refractivity contribution is -0.120. The van der Waals surface area contributed by atoms with E-state index in [1.165, 1.54) is 18.0 Å². The molecule has 0 radical (unpaired) electrons. The number of aromatic nitrogens is 1. The maximum atomic E-state index is 12.3. The maximum absolute atomic E-state index is 12.3. The molecular weight excluding hydrogens is 321 g/mol. The minimum absolute atomic E-state index is 0.121. The Kier molecular flexibility index (Phi) is 6.00. The SMILES string of the molecule is Bc1ccc(NC(=O)[C@H](C)N(C)C(=O)OCc2ccccc2)c(=O)[nH]1. The first-order valence-electron chi connectivity index (χ1n) is 7.83. The Labute approximate surface area is 146 Å². The summed E-state index contributed by atoms with van der Waals surface area (Å²) >= 11 is 0. The fourth-order valence-corrected chi connectivity index (χ4v) is 2.06.